The quantitative estimate of drug-likeness (QED) is 0.250. The van der Waals surface area contributed by atoms with Crippen molar-refractivity contribution >= 4 is 11.9 Å². The molecule has 0 aliphatic carbocycles. The van der Waals surface area contributed by atoms with Crippen LogP contribution < -0.4 is 9.47 Å². The number of ether oxygens (including phenoxy) is 3. The van der Waals surface area contributed by atoms with Crippen LogP contribution in [0.15, 0.2) is 48.5 Å². The van der Waals surface area contributed by atoms with E-state index in [0.29, 0.717) is 57.0 Å². The Hall–Kier alpha value is -3.48. The molecule has 2 aliphatic heterocycles. The molecule has 0 N–H and O–H groups in total. The van der Waals surface area contributed by atoms with Crippen LogP contribution in [0.2, 0.25) is 0 Å². The number of para-hydroxylation sites is 1. The van der Waals surface area contributed by atoms with Gasteiger partial charge in [0.15, 0.2) is 6.23 Å². The van der Waals surface area contributed by atoms with Gasteiger partial charge in [0.1, 0.15) is 11.5 Å². The monoisotopic (exact) mass is 616 g/mol. The van der Waals surface area contributed by atoms with E-state index in [1.807, 2.05) is 38.1 Å². The number of amides is 1. The molecule has 1 amide bonds. The van der Waals surface area contributed by atoms with Gasteiger partial charge in [-0.25, -0.2) is 4.79 Å². The summed E-state index contributed by atoms with van der Waals surface area (Å²) >= 11 is 0. The van der Waals surface area contributed by atoms with Crippen molar-refractivity contribution in [3.05, 3.63) is 59.7 Å². The lowest BCUT2D eigenvalue weighted by molar-refractivity contribution is -0.274. The molecule has 4 rings (SSSR count). The van der Waals surface area contributed by atoms with Crippen LogP contribution in [0.3, 0.4) is 0 Å². The van der Waals surface area contributed by atoms with Gasteiger partial charge in [0.25, 0.3) is 0 Å². The number of carbonyl (C=O) groups excluding carboxylic acids is 2. The lowest BCUT2D eigenvalue weighted by Crippen LogP contribution is -2.51. The van der Waals surface area contributed by atoms with Crippen molar-refractivity contribution < 1.29 is 50.1 Å². The van der Waals surface area contributed by atoms with Gasteiger partial charge in [0.05, 0.1) is 13.0 Å². The number of hydrogen-bond donors (Lipinski definition) is 0. The Morgan fingerprint density at radius 1 is 0.930 bits per heavy atom. The van der Waals surface area contributed by atoms with Crippen LogP contribution in [0.25, 0.3) is 0 Å². The molecule has 13 heteroatoms. The van der Waals surface area contributed by atoms with Crippen LogP contribution in [0.5, 0.6) is 11.5 Å². The van der Waals surface area contributed by atoms with Gasteiger partial charge in [-0.15, -0.1) is 13.2 Å². The van der Waals surface area contributed by atoms with Gasteiger partial charge in [-0.05, 0) is 62.0 Å². The highest BCUT2D eigenvalue weighted by molar-refractivity contribution is 5.80. The second kappa shape index (κ2) is 13.0. The molecule has 43 heavy (non-hydrogen) atoms. The summed E-state index contributed by atoms with van der Waals surface area (Å²) in [4.78, 5) is 28.5. The smallest absolute Gasteiger partial charge is 0.493 e. The molecular weight excluding hydrogens is 582 g/mol. The predicted octanol–water partition coefficient (Wildman–Crippen LogP) is 6.11. The van der Waals surface area contributed by atoms with Crippen molar-refractivity contribution in [1.82, 2.24) is 9.80 Å². The van der Waals surface area contributed by atoms with Crippen LogP contribution in [-0.4, -0.2) is 66.7 Å². The Balaban J connectivity index is 1.45. The van der Waals surface area contributed by atoms with E-state index < -0.39 is 41.8 Å². The summed E-state index contributed by atoms with van der Waals surface area (Å²) in [5.74, 6) is -2.33. The van der Waals surface area contributed by atoms with Gasteiger partial charge in [0, 0.05) is 24.1 Å². The van der Waals surface area contributed by atoms with Gasteiger partial charge >= 0.3 is 18.5 Å². The van der Waals surface area contributed by atoms with Gasteiger partial charge in [-0.3, -0.25) is 9.69 Å². The average molecular weight is 617 g/mol. The summed E-state index contributed by atoms with van der Waals surface area (Å²) in [6.45, 7) is 6.30. The molecule has 2 aromatic rings. The summed E-state index contributed by atoms with van der Waals surface area (Å²) < 4.78 is 91.9. The Kier molecular flexibility index (Phi) is 9.83. The first-order valence-corrected chi connectivity index (χ1v) is 14.0. The van der Waals surface area contributed by atoms with Crippen molar-refractivity contribution in [2.24, 2.45) is 11.3 Å². The number of likely N-dealkylation sites (tertiary alicyclic amines) is 2. The first-order valence-electron chi connectivity index (χ1n) is 14.0. The summed E-state index contributed by atoms with van der Waals surface area (Å²) in [7, 11) is 0. The Labute approximate surface area is 245 Å². The fourth-order valence-electron chi connectivity index (χ4n) is 5.54. The molecule has 1 unspecified atom stereocenters. The minimum atomic E-state index is -5.24. The number of alkyl halides is 6. The van der Waals surface area contributed by atoms with E-state index in [1.165, 1.54) is 12.1 Å². The van der Waals surface area contributed by atoms with Crippen LogP contribution in [-0.2, 0) is 27.3 Å². The van der Waals surface area contributed by atoms with Crippen molar-refractivity contribution in [3.8, 4) is 11.5 Å². The first kappa shape index (κ1) is 32.4. The summed E-state index contributed by atoms with van der Waals surface area (Å²) in [5, 5.41) is 0. The Bertz CT molecular complexity index is 1260. The van der Waals surface area contributed by atoms with Crippen LogP contribution >= 0.6 is 0 Å². The van der Waals surface area contributed by atoms with E-state index >= 15 is 0 Å². The third-order valence-electron chi connectivity index (χ3n) is 7.73. The van der Waals surface area contributed by atoms with Crippen LogP contribution in [0.1, 0.15) is 44.2 Å². The molecule has 0 radical (unpaired) electrons. The van der Waals surface area contributed by atoms with Crippen molar-refractivity contribution in [3.63, 3.8) is 0 Å². The Morgan fingerprint density at radius 3 is 2.16 bits per heavy atom. The second-order valence-electron chi connectivity index (χ2n) is 11.4. The minimum absolute atomic E-state index is 0.0791. The third kappa shape index (κ3) is 8.55. The standard InChI is InChI=1S/C30H34F6N2O5/c1-20(2)19-41-24-6-4-3-5-22(24)18-37-14-11-28(12-15-37)13-16-38(26(28)42-27(40)29(31,32)33)25(39)17-21-7-9-23(10-8-21)43-30(34,35)36/h3-10,20,26H,11-19H2,1-2H3. The molecule has 0 bridgehead atoms. The second-order valence-corrected chi connectivity index (χ2v) is 11.4. The maximum Gasteiger partial charge on any atom is 0.573 e. The van der Waals surface area contributed by atoms with Gasteiger partial charge < -0.3 is 19.1 Å². The molecule has 2 saturated heterocycles. The van der Waals surface area contributed by atoms with E-state index in [-0.39, 0.29) is 13.0 Å². The Morgan fingerprint density at radius 2 is 1.56 bits per heavy atom. The molecule has 0 saturated carbocycles. The molecular formula is C30H34F6N2O5. The van der Waals surface area contributed by atoms with Gasteiger partial charge in [0.2, 0.25) is 5.91 Å². The molecule has 0 aromatic heterocycles. The van der Waals surface area contributed by atoms with E-state index in [1.54, 1.807) is 0 Å². The highest BCUT2D eigenvalue weighted by Gasteiger charge is 2.55. The summed E-state index contributed by atoms with van der Waals surface area (Å²) in [5.41, 5.74) is 0.439. The number of rotatable bonds is 9. The molecule has 2 heterocycles. The number of hydrogen-bond acceptors (Lipinski definition) is 6. The largest absolute Gasteiger partial charge is 0.573 e. The topological polar surface area (TPSA) is 68.3 Å². The predicted molar refractivity (Wildman–Crippen MR) is 143 cm³/mol. The normalized spacial score (nSPS) is 19.1. The zero-order valence-corrected chi connectivity index (χ0v) is 23.8. The number of nitrogens with zero attached hydrogens (tertiary/aromatic N) is 2. The highest BCUT2D eigenvalue weighted by Crippen LogP contribution is 2.47. The lowest BCUT2D eigenvalue weighted by atomic mass is 9.76. The molecule has 2 aromatic carbocycles. The van der Waals surface area contributed by atoms with Crippen molar-refractivity contribution in [2.75, 3.05) is 26.2 Å². The van der Waals surface area contributed by atoms with Crippen LogP contribution in [0, 0.1) is 11.3 Å². The van der Waals surface area contributed by atoms with E-state index in [0.717, 1.165) is 28.3 Å². The molecule has 2 fully saturated rings. The van der Waals surface area contributed by atoms with Crippen molar-refractivity contribution in [2.45, 2.75) is 64.8 Å². The molecule has 1 spiro atoms. The third-order valence-corrected chi connectivity index (χ3v) is 7.73. The van der Waals surface area contributed by atoms with E-state index in [4.69, 9.17) is 9.47 Å². The van der Waals surface area contributed by atoms with Gasteiger partial charge in [-0.1, -0.05) is 44.2 Å². The zero-order valence-electron chi connectivity index (χ0n) is 23.8. The maximum atomic E-state index is 13.3. The molecule has 7 nitrogen and oxygen atoms in total. The summed E-state index contributed by atoms with van der Waals surface area (Å²) in [6, 6.07) is 12.3. The van der Waals surface area contributed by atoms with Gasteiger partial charge in [-0.2, -0.15) is 13.2 Å². The van der Waals surface area contributed by atoms with E-state index in [9.17, 15) is 35.9 Å². The fraction of sp³-hybridized carbons (Fsp3) is 0.533. The molecule has 236 valence electrons. The van der Waals surface area contributed by atoms with E-state index in [2.05, 4.69) is 9.64 Å². The first-order chi connectivity index (χ1) is 20.1. The zero-order chi connectivity index (χ0) is 31.4. The van der Waals surface area contributed by atoms with Crippen LogP contribution in [0.4, 0.5) is 26.3 Å². The summed E-state index contributed by atoms with van der Waals surface area (Å²) in [6.07, 6.45) is -10.7. The molecule has 1 atom stereocenters. The number of piperidine rings is 1. The number of halogens is 6. The number of benzene rings is 2. The number of esters is 1. The maximum absolute atomic E-state index is 13.3. The fourth-order valence-corrected chi connectivity index (χ4v) is 5.54. The average Bonchev–Trinajstić information content (AvgIpc) is 3.26. The SMILES string of the molecule is CC(C)COc1ccccc1CN1CCC2(CC1)CCN(C(=O)Cc1ccc(OC(F)(F)F)cc1)C2OC(=O)C(F)(F)F. The van der Waals surface area contributed by atoms with Crippen molar-refractivity contribution in [1.29, 1.82) is 0 Å². The minimum Gasteiger partial charge on any atom is -0.493 e. The highest BCUT2D eigenvalue weighted by atomic mass is 19.4. The lowest BCUT2D eigenvalue weighted by Gasteiger charge is -2.43. The number of carbonyl (C=O) groups is 2. The molecule has 2 aliphatic rings.